The first-order valence-electron chi connectivity index (χ1n) is 9.18. The predicted molar refractivity (Wildman–Crippen MR) is 118 cm³/mol. The molecule has 2 aromatic carbocycles. The average Bonchev–Trinajstić information content (AvgIpc) is 2.69. The lowest BCUT2D eigenvalue weighted by molar-refractivity contribution is -0.141. The number of halogens is 1. The van der Waals surface area contributed by atoms with Crippen molar-refractivity contribution in [2.45, 2.75) is 26.3 Å². The molecule has 0 radical (unpaired) electrons. The van der Waals surface area contributed by atoms with Crippen molar-refractivity contribution in [1.29, 1.82) is 5.41 Å². The number of nitrogens with two attached hydrogens (primary N) is 2. The van der Waals surface area contributed by atoms with Crippen LogP contribution in [-0.4, -0.2) is 30.9 Å². The van der Waals surface area contributed by atoms with E-state index in [0.29, 0.717) is 17.7 Å². The molecule has 162 valence electrons. The Morgan fingerprint density at radius 2 is 1.80 bits per heavy atom. The van der Waals surface area contributed by atoms with Gasteiger partial charge in [0.15, 0.2) is 6.61 Å². The Hall–Kier alpha value is -3.26. The number of hydrogen-bond donors (Lipinski definition) is 4. The highest BCUT2D eigenvalue weighted by atomic mass is 35.5. The number of anilines is 1. The number of carbonyl (C=O) groups is 2. The van der Waals surface area contributed by atoms with Gasteiger partial charge in [-0.15, -0.1) is 12.4 Å². The van der Waals surface area contributed by atoms with Crippen molar-refractivity contribution in [2.75, 3.05) is 18.5 Å². The molecule has 8 nitrogen and oxygen atoms in total. The van der Waals surface area contributed by atoms with Crippen LogP contribution >= 0.6 is 12.4 Å². The third-order valence-corrected chi connectivity index (χ3v) is 4.23. The van der Waals surface area contributed by atoms with Gasteiger partial charge in [-0.1, -0.05) is 13.0 Å². The number of benzene rings is 2. The van der Waals surface area contributed by atoms with Crippen molar-refractivity contribution < 1.29 is 19.1 Å². The quantitative estimate of drug-likeness (QED) is 0.257. The number of nitrogen functional groups attached to an aromatic ring is 1. The van der Waals surface area contributed by atoms with Gasteiger partial charge in [-0.3, -0.25) is 15.0 Å². The van der Waals surface area contributed by atoms with Crippen molar-refractivity contribution in [1.82, 2.24) is 0 Å². The van der Waals surface area contributed by atoms with Crippen molar-refractivity contribution in [3.63, 3.8) is 0 Å². The molecule has 0 saturated heterocycles. The van der Waals surface area contributed by atoms with E-state index in [1.165, 1.54) is 6.92 Å². The Bertz CT molecular complexity index is 887. The molecule has 0 spiro atoms. The molecule has 0 fully saturated rings. The third-order valence-electron chi connectivity index (χ3n) is 4.23. The van der Waals surface area contributed by atoms with Gasteiger partial charge in [0.05, 0.1) is 6.04 Å². The summed E-state index contributed by atoms with van der Waals surface area (Å²) in [6, 6.07) is 12.4. The molecule has 2 rings (SSSR count). The molecule has 0 bridgehead atoms. The van der Waals surface area contributed by atoms with Crippen LogP contribution in [0.5, 0.6) is 5.75 Å². The van der Waals surface area contributed by atoms with E-state index in [-0.39, 0.29) is 43.5 Å². The van der Waals surface area contributed by atoms with Gasteiger partial charge in [0, 0.05) is 18.2 Å². The number of amides is 1. The molecule has 0 aliphatic rings. The van der Waals surface area contributed by atoms with E-state index >= 15 is 0 Å². The van der Waals surface area contributed by atoms with Crippen LogP contribution in [0.15, 0.2) is 42.5 Å². The molecule has 1 unspecified atom stereocenters. The largest absolute Gasteiger partial charge is 0.484 e. The highest BCUT2D eigenvalue weighted by Gasteiger charge is 2.16. The fourth-order valence-electron chi connectivity index (χ4n) is 2.75. The summed E-state index contributed by atoms with van der Waals surface area (Å²) in [5, 5.41) is 10.8. The minimum Gasteiger partial charge on any atom is -0.484 e. The fraction of sp³-hybridized carbons (Fsp3) is 0.286. The Morgan fingerprint density at radius 1 is 1.13 bits per heavy atom. The van der Waals surface area contributed by atoms with E-state index in [2.05, 4.69) is 5.32 Å². The Morgan fingerprint density at radius 3 is 2.33 bits per heavy atom. The number of primary amides is 1. The topological polar surface area (TPSA) is 141 Å². The summed E-state index contributed by atoms with van der Waals surface area (Å²) in [6.07, 6.45) is 0.690. The van der Waals surface area contributed by atoms with Crippen LogP contribution in [0.4, 0.5) is 5.69 Å². The van der Waals surface area contributed by atoms with Gasteiger partial charge in [-0.05, 0) is 53.9 Å². The number of esters is 1. The molecule has 30 heavy (non-hydrogen) atoms. The number of aryl methyl sites for hydroxylation is 1. The molecular formula is C21H27ClN4O4. The molecule has 0 aromatic heterocycles. The zero-order valence-electron chi connectivity index (χ0n) is 16.9. The summed E-state index contributed by atoms with van der Waals surface area (Å²) < 4.78 is 10.7. The zero-order valence-corrected chi connectivity index (χ0v) is 17.8. The Balaban J connectivity index is 0.00000450. The number of ether oxygens (including phenoxy) is 2. The Labute approximate surface area is 181 Å². The van der Waals surface area contributed by atoms with Crippen LogP contribution in [-0.2, 0) is 20.7 Å². The van der Waals surface area contributed by atoms with Crippen molar-refractivity contribution >= 4 is 35.8 Å². The first-order chi connectivity index (χ1) is 13.8. The molecule has 6 N–H and O–H groups in total. The SMILES string of the molecule is CCc1cc(C(COC(C)=O)Nc2ccc(C(=N)N)cc2)ccc1OCC(N)=O.Cl. The van der Waals surface area contributed by atoms with Crippen molar-refractivity contribution in [3.8, 4) is 5.75 Å². The van der Waals surface area contributed by atoms with E-state index < -0.39 is 5.91 Å². The van der Waals surface area contributed by atoms with Crippen LogP contribution in [0.1, 0.15) is 36.6 Å². The molecule has 0 saturated carbocycles. The van der Waals surface area contributed by atoms with Gasteiger partial charge >= 0.3 is 5.97 Å². The predicted octanol–water partition coefficient (Wildman–Crippen LogP) is 2.54. The fourth-order valence-corrected chi connectivity index (χ4v) is 2.75. The van der Waals surface area contributed by atoms with E-state index in [0.717, 1.165) is 16.8 Å². The summed E-state index contributed by atoms with van der Waals surface area (Å²) >= 11 is 0. The number of amidine groups is 1. The van der Waals surface area contributed by atoms with Gasteiger partial charge < -0.3 is 26.3 Å². The standard InChI is InChI=1S/C21H26N4O4.ClH/c1-3-14-10-16(6-9-19(14)29-12-20(22)27)18(11-28-13(2)26)25-17-7-4-15(5-8-17)21(23)24;/h4-10,18,25H,3,11-12H2,1-2H3,(H2,22,27)(H3,23,24);1H. The molecule has 0 heterocycles. The average molecular weight is 435 g/mol. The van der Waals surface area contributed by atoms with E-state index in [4.69, 9.17) is 26.4 Å². The van der Waals surface area contributed by atoms with Gasteiger partial charge in [0.25, 0.3) is 5.91 Å². The van der Waals surface area contributed by atoms with E-state index in [1.54, 1.807) is 18.2 Å². The molecule has 2 aromatic rings. The normalized spacial score (nSPS) is 11.0. The van der Waals surface area contributed by atoms with Crippen LogP contribution in [0, 0.1) is 5.41 Å². The van der Waals surface area contributed by atoms with Crippen LogP contribution in [0.2, 0.25) is 0 Å². The van der Waals surface area contributed by atoms with Gasteiger partial charge in [-0.2, -0.15) is 0 Å². The second kappa shape index (κ2) is 11.7. The summed E-state index contributed by atoms with van der Waals surface area (Å²) in [6.45, 7) is 3.28. The van der Waals surface area contributed by atoms with Crippen LogP contribution < -0.4 is 21.5 Å². The van der Waals surface area contributed by atoms with Crippen molar-refractivity contribution in [2.24, 2.45) is 11.5 Å². The highest BCUT2D eigenvalue weighted by Crippen LogP contribution is 2.27. The number of rotatable bonds is 10. The lowest BCUT2D eigenvalue weighted by Gasteiger charge is -2.22. The minimum absolute atomic E-state index is 0. The molecule has 1 atom stereocenters. The number of carbonyl (C=O) groups excluding carboxylic acids is 2. The monoisotopic (exact) mass is 434 g/mol. The lowest BCUT2D eigenvalue weighted by Crippen LogP contribution is -2.21. The summed E-state index contributed by atoms with van der Waals surface area (Å²) in [7, 11) is 0. The zero-order chi connectivity index (χ0) is 21.4. The summed E-state index contributed by atoms with van der Waals surface area (Å²) in [5.41, 5.74) is 13.9. The van der Waals surface area contributed by atoms with Gasteiger partial charge in [0.2, 0.25) is 0 Å². The van der Waals surface area contributed by atoms with E-state index in [9.17, 15) is 9.59 Å². The van der Waals surface area contributed by atoms with Crippen LogP contribution in [0.3, 0.4) is 0 Å². The minimum atomic E-state index is -0.542. The maximum Gasteiger partial charge on any atom is 0.302 e. The van der Waals surface area contributed by atoms with Crippen LogP contribution in [0.25, 0.3) is 0 Å². The number of nitrogens with one attached hydrogen (secondary N) is 2. The van der Waals surface area contributed by atoms with Gasteiger partial charge in [-0.25, -0.2) is 0 Å². The maximum atomic E-state index is 11.3. The third kappa shape index (κ3) is 7.29. The van der Waals surface area contributed by atoms with Gasteiger partial charge in [0.1, 0.15) is 18.2 Å². The maximum absolute atomic E-state index is 11.3. The molecule has 9 heteroatoms. The molecular weight excluding hydrogens is 408 g/mol. The smallest absolute Gasteiger partial charge is 0.302 e. The van der Waals surface area contributed by atoms with Crippen molar-refractivity contribution in [3.05, 3.63) is 59.2 Å². The summed E-state index contributed by atoms with van der Waals surface area (Å²) in [5.74, 6) is -0.334. The second-order valence-electron chi connectivity index (χ2n) is 6.47. The Kier molecular flexibility index (Phi) is 9.64. The number of hydrogen-bond acceptors (Lipinski definition) is 6. The first kappa shape index (κ1) is 24.8. The molecule has 0 aliphatic carbocycles. The van der Waals surface area contributed by atoms with E-state index in [1.807, 2.05) is 31.2 Å². The summed E-state index contributed by atoms with van der Waals surface area (Å²) in [4.78, 5) is 22.3. The molecule has 1 amide bonds. The molecule has 0 aliphatic heterocycles. The lowest BCUT2D eigenvalue weighted by atomic mass is 10.0. The second-order valence-corrected chi connectivity index (χ2v) is 6.47. The highest BCUT2D eigenvalue weighted by molar-refractivity contribution is 5.95. The first-order valence-corrected chi connectivity index (χ1v) is 9.18.